The molecule has 2 aromatic carbocycles. The molecule has 0 bridgehead atoms. The first-order chi connectivity index (χ1) is 13.2. The number of aromatic nitrogens is 2. The van der Waals surface area contributed by atoms with Crippen LogP contribution in [-0.4, -0.2) is 22.7 Å². The van der Waals surface area contributed by atoms with E-state index in [2.05, 4.69) is 22.3 Å². The minimum atomic E-state index is -0.486. The number of benzene rings is 2. The van der Waals surface area contributed by atoms with Crippen molar-refractivity contribution in [3.05, 3.63) is 77.4 Å². The van der Waals surface area contributed by atoms with Crippen LogP contribution in [0.1, 0.15) is 36.2 Å². The van der Waals surface area contributed by atoms with E-state index in [9.17, 15) is 4.79 Å². The summed E-state index contributed by atoms with van der Waals surface area (Å²) in [5.41, 5.74) is 2.19. The Morgan fingerprint density at radius 1 is 1.07 bits per heavy atom. The number of esters is 1. The fourth-order valence-electron chi connectivity index (χ4n) is 2.60. The van der Waals surface area contributed by atoms with Gasteiger partial charge in [-0.15, -0.1) is 0 Å². The van der Waals surface area contributed by atoms with Crippen molar-refractivity contribution in [3.8, 4) is 5.75 Å². The largest absolute Gasteiger partial charge is 0.482 e. The quantitative estimate of drug-likeness (QED) is 0.537. The minimum Gasteiger partial charge on any atom is -0.482 e. The number of hydrogen-bond acceptors (Lipinski definition) is 6. The number of carbonyl (C=O) groups is 1. The van der Waals surface area contributed by atoms with Crippen molar-refractivity contribution in [1.82, 2.24) is 10.1 Å². The van der Waals surface area contributed by atoms with Crippen LogP contribution >= 0.6 is 0 Å². The van der Waals surface area contributed by atoms with Gasteiger partial charge in [-0.3, -0.25) is 0 Å². The van der Waals surface area contributed by atoms with E-state index in [0.29, 0.717) is 11.6 Å². The Bertz CT molecular complexity index is 861. The van der Waals surface area contributed by atoms with E-state index in [1.807, 2.05) is 49.4 Å². The summed E-state index contributed by atoms with van der Waals surface area (Å²) in [6.07, 6.45) is 2.39. The lowest BCUT2D eigenvalue weighted by Crippen LogP contribution is -2.15. The summed E-state index contributed by atoms with van der Waals surface area (Å²) in [5, 5.41) is 3.82. The molecule has 0 fully saturated rings. The highest BCUT2D eigenvalue weighted by Crippen LogP contribution is 2.21. The smallest absolute Gasteiger partial charge is 0.344 e. The van der Waals surface area contributed by atoms with Crippen molar-refractivity contribution in [3.63, 3.8) is 0 Å². The molecule has 0 radical (unpaired) electrons. The summed E-state index contributed by atoms with van der Waals surface area (Å²) in [6.45, 7) is 1.80. The molecular weight excluding hydrogens is 344 g/mol. The molecule has 1 heterocycles. The molecule has 1 aromatic heterocycles. The molecule has 0 amide bonds. The van der Waals surface area contributed by atoms with Gasteiger partial charge in [0.1, 0.15) is 5.75 Å². The summed E-state index contributed by atoms with van der Waals surface area (Å²) in [7, 11) is 0. The van der Waals surface area contributed by atoms with Crippen molar-refractivity contribution < 1.29 is 18.8 Å². The Labute approximate surface area is 158 Å². The highest BCUT2D eigenvalue weighted by atomic mass is 16.6. The van der Waals surface area contributed by atoms with Gasteiger partial charge >= 0.3 is 5.97 Å². The number of para-hydroxylation sites is 1. The molecule has 3 aromatic rings. The molecule has 6 heteroatoms. The van der Waals surface area contributed by atoms with Gasteiger partial charge in [0.15, 0.2) is 19.0 Å². The molecule has 0 atom stereocenters. The van der Waals surface area contributed by atoms with E-state index < -0.39 is 5.97 Å². The molecule has 0 unspecified atom stereocenters. The Kier molecular flexibility index (Phi) is 6.57. The van der Waals surface area contributed by atoms with Gasteiger partial charge in [0.05, 0.1) is 0 Å². The SMILES string of the molecule is CCCc1noc(COC(=O)COc2ccccc2Cc2ccccc2)n1. The van der Waals surface area contributed by atoms with E-state index in [-0.39, 0.29) is 19.1 Å². The van der Waals surface area contributed by atoms with E-state index in [1.54, 1.807) is 0 Å². The third kappa shape index (κ3) is 5.67. The van der Waals surface area contributed by atoms with Gasteiger partial charge in [-0.2, -0.15) is 4.98 Å². The highest BCUT2D eigenvalue weighted by molar-refractivity contribution is 5.71. The Morgan fingerprint density at radius 3 is 2.67 bits per heavy atom. The molecule has 0 aliphatic carbocycles. The first kappa shape index (κ1) is 18.6. The highest BCUT2D eigenvalue weighted by Gasteiger charge is 2.11. The summed E-state index contributed by atoms with van der Waals surface area (Å²) in [4.78, 5) is 16.1. The number of aryl methyl sites for hydroxylation is 1. The zero-order valence-electron chi connectivity index (χ0n) is 15.3. The lowest BCUT2D eigenvalue weighted by atomic mass is 10.0. The number of carbonyl (C=O) groups excluding carboxylic acids is 1. The van der Waals surface area contributed by atoms with E-state index in [1.165, 1.54) is 5.56 Å². The molecular formula is C21H22N2O4. The topological polar surface area (TPSA) is 74.5 Å². The third-order valence-electron chi connectivity index (χ3n) is 3.90. The van der Waals surface area contributed by atoms with Crippen molar-refractivity contribution >= 4 is 5.97 Å². The lowest BCUT2D eigenvalue weighted by Gasteiger charge is -2.11. The first-order valence-corrected chi connectivity index (χ1v) is 8.96. The zero-order chi connectivity index (χ0) is 18.9. The summed E-state index contributed by atoms with van der Waals surface area (Å²) < 4.78 is 15.8. The van der Waals surface area contributed by atoms with Crippen molar-refractivity contribution in [1.29, 1.82) is 0 Å². The zero-order valence-corrected chi connectivity index (χ0v) is 15.3. The van der Waals surface area contributed by atoms with Crippen LogP contribution in [0.15, 0.2) is 59.1 Å². The Morgan fingerprint density at radius 2 is 1.85 bits per heavy atom. The number of hydrogen-bond donors (Lipinski definition) is 0. The van der Waals surface area contributed by atoms with Gasteiger partial charge in [0, 0.05) is 12.8 Å². The first-order valence-electron chi connectivity index (χ1n) is 8.96. The van der Waals surface area contributed by atoms with Gasteiger partial charge in [0.25, 0.3) is 5.89 Å². The standard InChI is InChI=1S/C21H22N2O4/c1-2-8-19-22-20(27-23-19)14-26-21(24)15-25-18-12-7-6-11-17(18)13-16-9-4-3-5-10-16/h3-7,9-12H,2,8,13-15H2,1H3. The Hall–Kier alpha value is -3.15. The predicted octanol–water partition coefficient (Wildman–Crippen LogP) is 3.74. The molecule has 0 spiro atoms. The van der Waals surface area contributed by atoms with Crippen LogP contribution in [0.25, 0.3) is 0 Å². The minimum absolute atomic E-state index is 0.0510. The van der Waals surface area contributed by atoms with Gasteiger partial charge < -0.3 is 14.0 Å². The van der Waals surface area contributed by atoms with Gasteiger partial charge in [-0.05, 0) is 23.6 Å². The molecule has 0 saturated heterocycles. The van der Waals surface area contributed by atoms with Crippen LogP contribution < -0.4 is 4.74 Å². The molecule has 0 aliphatic heterocycles. The number of nitrogens with zero attached hydrogens (tertiary/aromatic N) is 2. The summed E-state index contributed by atoms with van der Waals surface area (Å²) in [6, 6.07) is 17.8. The summed E-state index contributed by atoms with van der Waals surface area (Å²) >= 11 is 0. The van der Waals surface area contributed by atoms with Crippen molar-refractivity contribution in [2.24, 2.45) is 0 Å². The molecule has 0 saturated carbocycles. The molecule has 0 aliphatic rings. The maximum Gasteiger partial charge on any atom is 0.344 e. The second kappa shape index (κ2) is 9.52. The van der Waals surface area contributed by atoms with E-state index in [0.717, 1.165) is 24.8 Å². The normalized spacial score (nSPS) is 10.6. The monoisotopic (exact) mass is 366 g/mol. The van der Waals surface area contributed by atoms with E-state index >= 15 is 0 Å². The third-order valence-corrected chi connectivity index (χ3v) is 3.90. The molecule has 0 N–H and O–H groups in total. The average molecular weight is 366 g/mol. The van der Waals surface area contributed by atoms with Crippen LogP contribution in [0.4, 0.5) is 0 Å². The Balaban J connectivity index is 1.51. The van der Waals surface area contributed by atoms with Crippen LogP contribution in [0.5, 0.6) is 5.75 Å². The molecule has 6 nitrogen and oxygen atoms in total. The number of ether oxygens (including phenoxy) is 2. The molecule has 3 rings (SSSR count). The summed E-state index contributed by atoms with van der Waals surface area (Å²) in [5.74, 6) is 1.09. The fraction of sp³-hybridized carbons (Fsp3) is 0.286. The van der Waals surface area contributed by atoms with Crippen LogP contribution in [-0.2, 0) is 29.0 Å². The lowest BCUT2D eigenvalue weighted by molar-refractivity contribution is -0.148. The van der Waals surface area contributed by atoms with Gasteiger partial charge in [-0.25, -0.2) is 4.79 Å². The fourth-order valence-corrected chi connectivity index (χ4v) is 2.60. The van der Waals surface area contributed by atoms with Crippen LogP contribution in [0, 0.1) is 0 Å². The van der Waals surface area contributed by atoms with Gasteiger partial charge in [-0.1, -0.05) is 60.6 Å². The van der Waals surface area contributed by atoms with Crippen molar-refractivity contribution in [2.75, 3.05) is 6.61 Å². The maximum absolute atomic E-state index is 12.0. The molecule has 27 heavy (non-hydrogen) atoms. The second-order valence-electron chi connectivity index (χ2n) is 6.07. The number of rotatable bonds is 9. The molecule has 140 valence electrons. The van der Waals surface area contributed by atoms with Gasteiger partial charge in [0.2, 0.25) is 0 Å². The maximum atomic E-state index is 12.0. The second-order valence-corrected chi connectivity index (χ2v) is 6.07. The predicted molar refractivity (Wildman–Crippen MR) is 99.3 cm³/mol. The van der Waals surface area contributed by atoms with Crippen LogP contribution in [0.2, 0.25) is 0 Å². The average Bonchev–Trinajstić information content (AvgIpc) is 3.14. The van der Waals surface area contributed by atoms with Crippen LogP contribution in [0.3, 0.4) is 0 Å². The van der Waals surface area contributed by atoms with E-state index in [4.69, 9.17) is 14.0 Å². The van der Waals surface area contributed by atoms with Crippen molar-refractivity contribution in [2.45, 2.75) is 32.8 Å².